The maximum atomic E-state index is 5.55. The molecule has 2 unspecified atom stereocenters. The third-order valence-corrected chi connectivity index (χ3v) is 8.76. The summed E-state index contributed by atoms with van der Waals surface area (Å²) in [5.41, 5.74) is 3.23. The van der Waals surface area contributed by atoms with Crippen molar-refractivity contribution < 1.29 is 9.05 Å². The van der Waals surface area contributed by atoms with Crippen LogP contribution in [0.5, 0.6) is 0 Å². The van der Waals surface area contributed by atoms with Crippen molar-refractivity contribution >= 4 is 56.6 Å². The zero-order valence-electron chi connectivity index (χ0n) is 21.3. The SMILES string of the molecule is c1ccc(C2(c3ccon3)N(c3nccs3)C(c3ccsn3)=C(c3conn3)C(c3csnn3)N2c2ccc[nH]2)nc1. The Morgan fingerprint density at radius 3 is 2.57 bits per heavy atom. The van der Waals surface area contributed by atoms with Gasteiger partial charge in [0.1, 0.15) is 40.9 Å². The quantitative estimate of drug-likeness (QED) is 0.256. The maximum Gasteiger partial charge on any atom is 0.212 e. The maximum absolute atomic E-state index is 5.55. The molecule has 206 valence electrons. The third-order valence-electron chi connectivity index (χ3n) is 6.92. The van der Waals surface area contributed by atoms with Crippen LogP contribution in [0.1, 0.15) is 34.5 Å². The first-order valence-corrected chi connectivity index (χ1v) is 15.1. The number of H-pyrrole nitrogens is 1. The van der Waals surface area contributed by atoms with E-state index in [2.05, 4.69) is 39.9 Å². The minimum absolute atomic E-state index is 0.504. The normalized spacial score (nSPS) is 19.1. The first kappa shape index (κ1) is 24.7. The Morgan fingerprint density at radius 1 is 0.905 bits per heavy atom. The highest BCUT2D eigenvalue weighted by atomic mass is 32.1. The molecule has 1 N–H and O–H groups in total. The molecule has 16 heteroatoms. The van der Waals surface area contributed by atoms with E-state index >= 15 is 0 Å². The van der Waals surface area contributed by atoms with Crippen molar-refractivity contribution in [2.45, 2.75) is 11.7 Å². The van der Waals surface area contributed by atoms with Crippen molar-refractivity contribution in [3.8, 4) is 0 Å². The second-order valence-electron chi connectivity index (χ2n) is 9.02. The lowest BCUT2D eigenvalue weighted by Crippen LogP contribution is -2.63. The van der Waals surface area contributed by atoms with Crippen molar-refractivity contribution in [3.63, 3.8) is 0 Å². The molecular weight excluding hydrogens is 595 g/mol. The fourth-order valence-corrected chi connectivity index (χ4v) is 7.13. The summed E-state index contributed by atoms with van der Waals surface area (Å²) >= 11 is 4.06. The first-order chi connectivity index (χ1) is 20.9. The van der Waals surface area contributed by atoms with Gasteiger partial charge < -0.3 is 18.9 Å². The van der Waals surface area contributed by atoms with Gasteiger partial charge in [-0.05, 0) is 53.4 Å². The summed E-state index contributed by atoms with van der Waals surface area (Å²) < 4.78 is 19.9. The molecule has 0 saturated heterocycles. The van der Waals surface area contributed by atoms with Crippen molar-refractivity contribution in [1.82, 2.24) is 44.4 Å². The Hall–Kier alpha value is -5.06. The summed E-state index contributed by atoms with van der Waals surface area (Å²) in [6.45, 7) is 0. The summed E-state index contributed by atoms with van der Waals surface area (Å²) in [7, 11) is 0. The smallest absolute Gasteiger partial charge is 0.212 e. The zero-order valence-corrected chi connectivity index (χ0v) is 23.7. The van der Waals surface area contributed by atoms with Crippen LogP contribution < -0.4 is 9.80 Å². The number of pyridine rings is 1. The summed E-state index contributed by atoms with van der Waals surface area (Å²) in [5, 5.41) is 23.8. The summed E-state index contributed by atoms with van der Waals surface area (Å²) in [6.07, 6.45) is 8.45. The highest BCUT2D eigenvalue weighted by Crippen LogP contribution is 2.58. The molecule has 2 atom stereocenters. The van der Waals surface area contributed by atoms with Crippen LogP contribution >= 0.6 is 34.4 Å². The molecule has 0 spiro atoms. The van der Waals surface area contributed by atoms with Crippen LogP contribution in [-0.4, -0.2) is 44.4 Å². The number of aromatic amines is 1. The van der Waals surface area contributed by atoms with Gasteiger partial charge in [0, 0.05) is 51.6 Å². The van der Waals surface area contributed by atoms with E-state index in [1.54, 1.807) is 18.7 Å². The predicted molar refractivity (Wildman–Crippen MR) is 155 cm³/mol. The van der Waals surface area contributed by atoms with E-state index in [1.807, 2.05) is 64.8 Å². The fourth-order valence-electron chi connectivity index (χ4n) is 5.45. The minimum Gasteiger partial charge on any atom is -0.364 e. The molecule has 7 aromatic rings. The topological polar surface area (TPSA) is 152 Å². The standard InChI is InChI=1S/C26H17N11O2S3/c1-2-8-27-19(4-1)26(20-6-11-38-32-20)36(21-5-3-9-28-21)24(18-15-42-35-31-18)22(17-14-39-34-30-17)23(16-7-12-41-33-16)37(26)25-29-10-13-40-25/h1-15,24,28H. The predicted octanol–water partition coefficient (Wildman–Crippen LogP) is 5.08. The molecule has 0 amide bonds. The summed E-state index contributed by atoms with van der Waals surface area (Å²) in [4.78, 5) is 17.4. The van der Waals surface area contributed by atoms with Crippen LogP contribution in [-0.2, 0) is 5.66 Å². The Kier molecular flexibility index (Phi) is 5.94. The molecule has 0 fully saturated rings. The molecule has 42 heavy (non-hydrogen) atoms. The molecule has 8 rings (SSSR count). The van der Waals surface area contributed by atoms with E-state index in [4.69, 9.17) is 23.4 Å². The average Bonchev–Trinajstić information content (AvgIpc) is 3.89. The van der Waals surface area contributed by atoms with Gasteiger partial charge in [-0.15, -0.1) is 21.5 Å². The minimum atomic E-state index is -1.29. The zero-order chi connectivity index (χ0) is 27.9. The van der Waals surface area contributed by atoms with Crippen molar-refractivity contribution in [1.29, 1.82) is 0 Å². The summed E-state index contributed by atoms with van der Waals surface area (Å²) in [6, 6.07) is 12.9. The van der Waals surface area contributed by atoms with Gasteiger partial charge in [0.25, 0.3) is 0 Å². The van der Waals surface area contributed by atoms with Gasteiger partial charge in [-0.2, -0.15) is 4.37 Å². The highest BCUT2D eigenvalue weighted by molar-refractivity contribution is 7.13. The number of anilines is 2. The lowest BCUT2D eigenvalue weighted by Gasteiger charge is -2.56. The van der Waals surface area contributed by atoms with E-state index in [1.165, 1.54) is 40.7 Å². The Bertz CT molecular complexity index is 1890. The van der Waals surface area contributed by atoms with E-state index in [9.17, 15) is 0 Å². The molecule has 1 aliphatic rings. The number of rotatable bonds is 7. The largest absolute Gasteiger partial charge is 0.364 e. The van der Waals surface area contributed by atoms with Crippen molar-refractivity contribution in [2.75, 3.05) is 9.80 Å². The highest BCUT2D eigenvalue weighted by Gasteiger charge is 2.60. The van der Waals surface area contributed by atoms with E-state index in [0.717, 1.165) is 11.4 Å². The van der Waals surface area contributed by atoms with Gasteiger partial charge in [-0.3, -0.25) is 9.88 Å². The molecule has 7 aromatic heterocycles. The van der Waals surface area contributed by atoms with Crippen LogP contribution in [0.4, 0.5) is 10.9 Å². The Balaban J connectivity index is 1.62. The molecule has 0 bridgehead atoms. The molecule has 0 saturated carbocycles. The lowest BCUT2D eigenvalue weighted by atomic mass is 9.83. The second-order valence-corrected chi connectivity index (χ2v) is 11.2. The number of thiazole rings is 1. The van der Waals surface area contributed by atoms with E-state index in [-0.39, 0.29) is 0 Å². The number of hydrogen-bond donors (Lipinski definition) is 1. The van der Waals surface area contributed by atoms with Crippen LogP contribution in [0.2, 0.25) is 0 Å². The van der Waals surface area contributed by atoms with Crippen molar-refractivity contribution in [3.05, 3.63) is 118 Å². The van der Waals surface area contributed by atoms with Gasteiger partial charge in [0.15, 0.2) is 11.4 Å². The second kappa shape index (κ2) is 10.1. The van der Waals surface area contributed by atoms with E-state index < -0.39 is 11.7 Å². The number of nitrogens with zero attached hydrogens (tertiary/aromatic N) is 10. The third kappa shape index (κ3) is 3.65. The van der Waals surface area contributed by atoms with Crippen LogP contribution in [0.25, 0.3) is 11.3 Å². The molecule has 13 nitrogen and oxygen atoms in total. The van der Waals surface area contributed by atoms with Gasteiger partial charge in [-0.1, -0.05) is 15.7 Å². The molecule has 1 aliphatic heterocycles. The number of hydrogen-bond acceptors (Lipinski definition) is 15. The molecule has 0 aromatic carbocycles. The van der Waals surface area contributed by atoms with E-state index in [0.29, 0.717) is 39.3 Å². The lowest BCUT2D eigenvalue weighted by molar-refractivity contribution is 0.363. The monoisotopic (exact) mass is 611 g/mol. The average molecular weight is 612 g/mol. The van der Waals surface area contributed by atoms with Crippen molar-refractivity contribution in [2.24, 2.45) is 0 Å². The number of nitrogens with one attached hydrogen (secondary N) is 1. The van der Waals surface area contributed by atoms with Gasteiger partial charge in [0.2, 0.25) is 5.66 Å². The van der Waals surface area contributed by atoms with Crippen LogP contribution in [0.3, 0.4) is 0 Å². The van der Waals surface area contributed by atoms with Crippen LogP contribution in [0, 0.1) is 0 Å². The molecular formula is C26H17N11O2S3. The van der Waals surface area contributed by atoms with Gasteiger partial charge in [0.05, 0.1) is 11.4 Å². The van der Waals surface area contributed by atoms with Crippen LogP contribution in [0.15, 0.2) is 98.8 Å². The Morgan fingerprint density at radius 2 is 1.90 bits per heavy atom. The Labute approximate surface area is 249 Å². The molecule has 8 heterocycles. The molecule has 0 radical (unpaired) electrons. The number of aromatic nitrogens is 9. The van der Waals surface area contributed by atoms with Gasteiger partial charge in [-0.25, -0.2) is 4.98 Å². The first-order valence-electron chi connectivity index (χ1n) is 12.5. The molecule has 0 aliphatic carbocycles. The van der Waals surface area contributed by atoms with Gasteiger partial charge >= 0.3 is 0 Å². The fraction of sp³-hybridized carbons (Fsp3) is 0.0769. The summed E-state index contributed by atoms with van der Waals surface area (Å²) in [5.74, 6) is 0.745.